The number of hydrogen-bond acceptors (Lipinski definition) is 9. The van der Waals surface area contributed by atoms with Crippen LogP contribution in [0.4, 0.5) is 0 Å². The van der Waals surface area contributed by atoms with Crippen molar-refractivity contribution in [2.24, 2.45) is 0 Å². The van der Waals surface area contributed by atoms with Crippen molar-refractivity contribution >= 4 is 5.78 Å². The van der Waals surface area contributed by atoms with Crippen LogP contribution in [0.2, 0.25) is 0 Å². The molecule has 0 fully saturated rings. The van der Waals surface area contributed by atoms with Gasteiger partial charge in [0.2, 0.25) is 0 Å². The Morgan fingerprint density at radius 1 is 0.923 bits per heavy atom. The van der Waals surface area contributed by atoms with Crippen molar-refractivity contribution in [3.05, 3.63) is 77.4 Å². The molecular weight excluding hydrogens is 502 g/mol. The number of carbonyl (C=O) groups excluding carboxylic acids is 1. The number of rotatable bonds is 15. The number of ketones is 1. The molecule has 6 N–H and O–H groups in total. The molecular formula is C30H37NO8. The van der Waals surface area contributed by atoms with Gasteiger partial charge in [-0.1, -0.05) is 24.3 Å². The van der Waals surface area contributed by atoms with E-state index in [1.807, 2.05) is 0 Å². The topological polar surface area (TPSA) is 149 Å². The number of methoxy groups -OCH3 is 1. The second-order valence-electron chi connectivity index (χ2n) is 9.61. The molecule has 3 rings (SSSR count). The minimum Gasteiger partial charge on any atom is -0.508 e. The first kappa shape index (κ1) is 29.8. The van der Waals surface area contributed by atoms with E-state index in [-0.39, 0.29) is 48.4 Å². The predicted octanol–water partition coefficient (Wildman–Crippen LogP) is 3.40. The Morgan fingerprint density at radius 3 is 2.31 bits per heavy atom. The van der Waals surface area contributed by atoms with E-state index in [1.165, 1.54) is 31.4 Å². The van der Waals surface area contributed by atoms with Crippen LogP contribution < -0.4 is 14.8 Å². The van der Waals surface area contributed by atoms with Crippen molar-refractivity contribution in [3.8, 4) is 28.7 Å². The molecule has 0 amide bonds. The van der Waals surface area contributed by atoms with Crippen LogP contribution in [0.1, 0.15) is 42.4 Å². The van der Waals surface area contributed by atoms with Gasteiger partial charge in [-0.05, 0) is 79.3 Å². The maximum absolute atomic E-state index is 13.4. The highest BCUT2D eigenvalue weighted by atomic mass is 16.5. The number of Topliss-reactive ketones (excluding diaryl/α,β-unsaturated/α-hetero) is 1. The number of hydrogen-bond donors (Lipinski definition) is 6. The van der Waals surface area contributed by atoms with Crippen LogP contribution >= 0.6 is 0 Å². The first-order chi connectivity index (χ1) is 18.7. The van der Waals surface area contributed by atoms with Crippen molar-refractivity contribution in [3.63, 3.8) is 0 Å². The quantitative estimate of drug-likeness (QED) is 0.126. The fourth-order valence-electron chi connectivity index (χ4n) is 4.28. The van der Waals surface area contributed by atoms with Crippen LogP contribution in [0.25, 0.3) is 0 Å². The molecule has 0 aliphatic carbocycles. The van der Waals surface area contributed by atoms with E-state index in [4.69, 9.17) is 9.47 Å². The summed E-state index contributed by atoms with van der Waals surface area (Å²) in [7, 11) is 1.46. The molecule has 3 aromatic rings. The van der Waals surface area contributed by atoms with Crippen molar-refractivity contribution in [1.29, 1.82) is 0 Å². The summed E-state index contributed by atoms with van der Waals surface area (Å²) in [6.07, 6.45) is -0.424. The number of aliphatic hydroxyl groups is 2. The van der Waals surface area contributed by atoms with E-state index in [2.05, 4.69) is 5.32 Å². The lowest BCUT2D eigenvalue weighted by atomic mass is 9.85. The van der Waals surface area contributed by atoms with Crippen molar-refractivity contribution in [1.82, 2.24) is 5.32 Å². The number of ether oxygens (including phenoxy) is 2. The van der Waals surface area contributed by atoms with Crippen molar-refractivity contribution < 1.29 is 39.8 Å². The summed E-state index contributed by atoms with van der Waals surface area (Å²) in [5.41, 5.74) is 2.20. The Kier molecular flexibility index (Phi) is 11.0. The van der Waals surface area contributed by atoms with Crippen LogP contribution in [0, 0.1) is 0 Å². The van der Waals surface area contributed by atoms with E-state index >= 15 is 0 Å². The highest BCUT2D eigenvalue weighted by molar-refractivity contribution is 5.86. The van der Waals surface area contributed by atoms with E-state index in [1.54, 1.807) is 43.3 Å². The Hall–Kier alpha value is -3.79. The number of aryl methyl sites for hydroxylation is 1. The SMILES string of the molecule is COc1cc(CC[C@H](O)CC(=O)[C@H](Cc2ccc(O)c(OCNC[C@H](C)O)c2)c2cccc(O)c2)ccc1O. The minimum absolute atomic E-state index is 0.0322. The van der Waals surface area contributed by atoms with E-state index in [0.29, 0.717) is 30.7 Å². The molecule has 0 spiro atoms. The maximum Gasteiger partial charge on any atom is 0.163 e. The average Bonchev–Trinajstić information content (AvgIpc) is 2.90. The molecule has 0 heterocycles. The van der Waals surface area contributed by atoms with E-state index in [0.717, 1.165) is 11.1 Å². The third-order valence-corrected chi connectivity index (χ3v) is 6.34. The zero-order chi connectivity index (χ0) is 28.4. The van der Waals surface area contributed by atoms with Gasteiger partial charge in [0.25, 0.3) is 0 Å². The molecule has 9 heteroatoms. The number of phenolic OH excluding ortho intramolecular Hbond substituents is 3. The lowest BCUT2D eigenvalue weighted by Crippen LogP contribution is -2.28. The number of carbonyl (C=O) groups is 1. The fraction of sp³-hybridized carbons (Fsp3) is 0.367. The molecule has 39 heavy (non-hydrogen) atoms. The Labute approximate surface area is 228 Å². The number of phenols is 3. The number of aromatic hydroxyl groups is 3. The number of nitrogens with one attached hydrogen (secondary N) is 1. The molecule has 3 atom stereocenters. The molecule has 0 unspecified atom stereocenters. The maximum atomic E-state index is 13.4. The van der Waals surface area contributed by atoms with Gasteiger partial charge in [0.05, 0.1) is 19.3 Å². The highest BCUT2D eigenvalue weighted by Gasteiger charge is 2.24. The van der Waals surface area contributed by atoms with Gasteiger partial charge in [0.15, 0.2) is 23.0 Å². The summed E-state index contributed by atoms with van der Waals surface area (Å²) >= 11 is 0. The third kappa shape index (κ3) is 9.17. The normalized spacial score (nSPS) is 13.4. The summed E-state index contributed by atoms with van der Waals surface area (Å²) < 4.78 is 10.7. The van der Waals surface area contributed by atoms with Crippen LogP contribution in [-0.2, 0) is 17.6 Å². The second-order valence-corrected chi connectivity index (χ2v) is 9.61. The predicted molar refractivity (Wildman–Crippen MR) is 146 cm³/mol. The lowest BCUT2D eigenvalue weighted by molar-refractivity contribution is -0.122. The van der Waals surface area contributed by atoms with Crippen LogP contribution in [0.3, 0.4) is 0 Å². The number of aliphatic hydroxyl groups excluding tert-OH is 2. The largest absolute Gasteiger partial charge is 0.508 e. The first-order valence-corrected chi connectivity index (χ1v) is 12.8. The molecule has 0 saturated heterocycles. The smallest absolute Gasteiger partial charge is 0.163 e. The van der Waals surface area contributed by atoms with Gasteiger partial charge in [-0.25, -0.2) is 0 Å². The second kappa shape index (κ2) is 14.4. The summed E-state index contributed by atoms with van der Waals surface area (Å²) in [4.78, 5) is 13.4. The Balaban J connectivity index is 1.71. The van der Waals surface area contributed by atoms with Gasteiger partial charge in [0, 0.05) is 18.9 Å². The summed E-state index contributed by atoms with van der Waals surface area (Å²) in [5, 5.41) is 53.0. The van der Waals surface area contributed by atoms with Crippen molar-refractivity contribution in [2.75, 3.05) is 20.4 Å². The van der Waals surface area contributed by atoms with Crippen LogP contribution in [0.5, 0.6) is 28.7 Å². The van der Waals surface area contributed by atoms with Crippen LogP contribution in [0.15, 0.2) is 60.7 Å². The molecule has 0 saturated carbocycles. The lowest BCUT2D eigenvalue weighted by Gasteiger charge is -2.20. The molecule has 0 aromatic heterocycles. The average molecular weight is 540 g/mol. The first-order valence-electron chi connectivity index (χ1n) is 12.8. The standard InChI is InChI=1S/C30H37NO8/c1-19(32)17-31-18-39-30-14-21(8-11-27(30)36)12-25(22-4-3-5-23(33)15-22)28(37)16-24(34)9-6-20-7-10-26(35)29(13-20)38-2/h3-5,7-8,10-11,13-15,19,24-25,31-36H,6,9,12,16-18H2,1-2H3/t19-,24-,25+/m0/s1. The molecule has 3 aromatic carbocycles. The van der Waals surface area contributed by atoms with E-state index < -0.39 is 18.1 Å². The summed E-state index contributed by atoms with van der Waals surface area (Å²) in [6.45, 7) is 2.05. The minimum atomic E-state index is -0.893. The zero-order valence-electron chi connectivity index (χ0n) is 22.2. The van der Waals surface area contributed by atoms with Gasteiger partial charge in [-0.2, -0.15) is 0 Å². The molecule has 0 aliphatic rings. The van der Waals surface area contributed by atoms with Crippen LogP contribution in [-0.4, -0.2) is 63.9 Å². The van der Waals surface area contributed by atoms with Crippen molar-refractivity contribution in [2.45, 2.75) is 50.7 Å². The summed E-state index contributed by atoms with van der Waals surface area (Å²) in [6, 6.07) is 16.3. The summed E-state index contributed by atoms with van der Waals surface area (Å²) in [5.74, 6) is -0.248. The van der Waals surface area contributed by atoms with Gasteiger partial charge in [-0.15, -0.1) is 0 Å². The Morgan fingerprint density at radius 2 is 1.62 bits per heavy atom. The van der Waals surface area contributed by atoms with E-state index in [9.17, 15) is 30.3 Å². The highest BCUT2D eigenvalue weighted by Crippen LogP contribution is 2.32. The number of benzene rings is 3. The fourth-order valence-corrected chi connectivity index (χ4v) is 4.28. The molecule has 0 bridgehead atoms. The zero-order valence-corrected chi connectivity index (χ0v) is 22.2. The Bertz CT molecular complexity index is 1230. The third-order valence-electron chi connectivity index (χ3n) is 6.34. The van der Waals surface area contributed by atoms with Gasteiger partial charge in [-0.3, -0.25) is 10.1 Å². The molecule has 9 nitrogen and oxygen atoms in total. The monoisotopic (exact) mass is 539 g/mol. The van der Waals surface area contributed by atoms with Gasteiger partial charge in [0.1, 0.15) is 18.3 Å². The molecule has 210 valence electrons. The van der Waals surface area contributed by atoms with Gasteiger partial charge >= 0.3 is 0 Å². The molecule has 0 radical (unpaired) electrons. The van der Waals surface area contributed by atoms with Gasteiger partial charge < -0.3 is 35.0 Å². The molecule has 0 aliphatic heterocycles.